The summed E-state index contributed by atoms with van der Waals surface area (Å²) in [5.41, 5.74) is 1.44. The van der Waals surface area contributed by atoms with Crippen molar-refractivity contribution in [3.05, 3.63) is 29.3 Å². The summed E-state index contributed by atoms with van der Waals surface area (Å²) in [7, 11) is 1.64. The molecule has 0 spiro atoms. The first-order chi connectivity index (χ1) is 12.2. The molecule has 6 nitrogen and oxygen atoms in total. The van der Waals surface area contributed by atoms with Gasteiger partial charge < -0.3 is 19.9 Å². The van der Waals surface area contributed by atoms with Crippen LogP contribution in [0.5, 0.6) is 5.75 Å². The molecule has 1 fully saturated rings. The first kappa shape index (κ1) is 20.1. The van der Waals surface area contributed by atoms with E-state index in [-0.39, 0.29) is 17.5 Å². The SMILES string of the molecule is CCc1cc(C(=O)N2CCCN(C(=O)NC(C)(C)C)CC2)ccc1OC. The molecular formula is C20H31N3O3. The number of carbonyl (C=O) groups is 2. The van der Waals surface area contributed by atoms with Crippen molar-refractivity contribution in [3.8, 4) is 5.75 Å². The van der Waals surface area contributed by atoms with Crippen LogP contribution in [0, 0.1) is 0 Å². The highest BCUT2D eigenvalue weighted by atomic mass is 16.5. The van der Waals surface area contributed by atoms with Crippen molar-refractivity contribution >= 4 is 11.9 Å². The van der Waals surface area contributed by atoms with Gasteiger partial charge in [0.25, 0.3) is 5.91 Å². The summed E-state index contributed by atoms with van der Waals surface area (Å²) in [5, 5.41) is 2.99. The number of carbonyl (C=O) groups excluding carboxylic acids is 2. The van der Waals surface area contributed by atoms with E-state index in [1.165, 1.54) is 0 Å². The van der Waals surface area contributed by atoms with Crippen LogP contribution in [0.25, 0.3) is 0 Å². The van der Waals surface area contributed by atoms with Crippen LogP contribution in [-0.2, 0) is 6.42 Å². The smallest absolute Gasteiger partial charge is 0.317 e. The minimum absolute atomic E-state index is 0.0143. The molecular weight excluding hydrogens is 330 g/mol. The standard InChI is InChI=1S/C20H31N3O3/c1-6-15-14-16(8-9-17(15)26-5)18(24)22-10-7-11-23(13-12-22)19(25)21-20(2,3)4/h8-9,14H,6-7,10-13H2,1-5H3,(H,21,25). The number of aryl methyl sites for hydroxylation is 1. The molecule has 6 heteroatoms. The van der Waals surface area contributed by atoms with Gasteiger partial charge in [-0.2, -0.15) is 0 Å². The van der Waals surface area contributed by atoms with Gasteiger partial charge in [-0.15, -0.1) is 0 Å². The number of amides is 3. The third-order valence-corrected chi connectivity index (χ3v) is 4.46. The summed E-state index contributed by atoms with van der Waals surface area (Å²) in [6.45, 7) is 10.4. The van der Waals surface area contributed by atoms with Crippen LogP contribution in [0.15, 0.2) is 18.2 Å². The molecule has 1 aliphatic rings. The Kier molecular flexibility index (Phi) is 6.51. The Morgan fingerprint density at radius 1 is 1.12 bits per heavy atom. The van der Waals surface area contributed by atoms with Crippen molar-refractivity contribution < 1.29 is 14.3 Å². The molecule has 144 valence electrons. The molecule has 0 aliphatic carbocycles. The summed E-state index contributed by atoms with van der Waals surface area (Å²) in [4.78, 5) is 28.9. The van der Waals surface area contributed by atoms with Gasteiger partial charge in [-0.3, -0.25) is 4.79 Å². The van der Waals surface area contributed by atoms with Crippen molar-refractivity contribution in [1.82, 2.24) is 15.1 Å². The van der Waals surface area contributed by atoms with Crippen LogP contribution in [0.1, 0.15) is 50.0 Å². The van der Waals surface area contributed by atoms with Gasteiger partial charge in [-0.05, 0) is 57.4 Å². The van der Waals surface area contributed by atoms with Crippen LogP contribution < -0.4 is 10.1 Å². The Bertz CT molecular complexity index is 652. The predicted molar refractivity (Wildman–Crippen MR) is 103 cm³/mol. The molecule has 2 rings (SSSR count). The molecule has 0 atom stereocenters. The van der Waals surface area contributed by atoms with Gasteiger partial charge in [0.1, 0.15) is 5.75 Å². The van der Waals surface area contributed by atoms with Crippen molar-refractivity contribution in [2.45, 2.75) is 46.1 Å². The molecule has 1 saturated heterocycles. The summed E-state index contributed by atoms with van der Waals surface area (Å²) in [6.07, 6.45) is 1.59. The van der Waals surface area contributed by atoms with Gasteiger partial charge in [0.05, 0.1) is 7.11 Å². The van der Waals surface area contributed by atoms with Crippen LogP contribution >= 0.6 is 0 Å². The fourth-order valence-corrected chi connectivity index (χ4v) is 3.09. The van der Waals surface area contributed by atoms with Crippen LogP contribution in [0.4, 0.5) is 4.79 Å². The van der Waals surface area contributed by atoms with Gasteiger partial charge in [-0.25, -0.2) is 4.79 Å². The first-order valence-corrected chi connectivity index (χ1v) is 9.28. The number of ether oxygens (including phenoxy) is 1. The zero-order valence-electron chi connectivity index (χ0n) is 16.6. The number of hydrogen-bond acceptors (Lipinski definition) is 3. The molecule has 0 unspecified atom stereocenters. The highest BCUT2D eigenvalue weighted by Crippen LogP contribution is 2.21. The molecule has 1 aromatic carbocycles. The van der Waals surface area contributed by atoms with E-state index in [4.69, 9.17) is 4.74 Å². The largest absolute Gasteiger partial charge is 0.496 e. The van der Waals surface area contributed by atoms with E-state index in [0.29, 0.717) is 31.7 Å². The number of hydrogen-bond donors (Lipinski definition) is 1. The van der Waals surface area contributed by atoms with Crippen molar-refractivity contribution in [1.29, 1.82) is 0 Å². The number of methoxy groups -OCH3 is 1. The van der Waals surface area contributed by atoms with E-state index >= 15 is 0 Å². The zero-order chi connectivity index (χ0) is 19.3. The Morgan fingerprint density at radius 2 is 1.77 bits per heavy atom. The summed E-state index contributed by atoms with van der Waals surface area (Å²) >= 11 is 0. The Balaban J connectivity index is 2.04. The number of nitrogens with zero attached hydrogens (tertiary/aromatic N) is 2. The molecule has 0 radical (unpaired) electrons. The average Bonchev–Trinajstić information content (AvgIpc) is 2.85. The van der Waals surface area contributed by atoms with Crippen molar-refractivity contribution in [2.24, 2.45) is 0 Å². The maximum absolute atomic E-state index is 12.9. The molecule has 1 aromatic rings. The zero-order valence-corrected chi connectivity index (χ0v) is 16.6. The van der Waals surface area contributed by atoms with Crippen LogP contribution in [0.3, 0.4) is 0 Å². The second kappa shape index (κ2) is 8.43. The normalized spacial score (nSPS) is 15.4. The maximum Gasteiger partial charge on any atom is 0.317 e. The highest BCUT2D eigenvalue weighted by molar-refractivity contribution is 5.94. The van der Waals surface area contributed by atoms with Gasteiger partial charge in [0.2, 0.25) is 0 Å². The van der Waals surface area contributed by atoms with E-state index in [1.807, 2.05) is 50.8 Å². The fourth-order valence-electron chi connectivity index (χ4n) is 3.09. The lowest BCUT2D eigenvalue weighted by atomic mass is 10.1. The van der Waals surface area contributed by atoms with Gasteiger partial charge in [-0.1, -0.05) is 6.92 Å². The third-order valence-electron chi connectivity index (χ3n) is 4.46. The molecule has 3 amide bonds. The number of urea groups is 1. The lowest BCUT2D eigenvalue weighted by molar-refractivity contribution is 0.0762. The highest BCUT2D eigenvalue weighted by Gasteiger charge is 2.25. The Labute approximate surface area is 156 Å². The molecule has 0 saturated carbocycles. The number of nitrogens with one attached hydrogen (secondary N) is 1. The Morgan fingerprint density at radius 3 is 2.38 bits per heavy atom. The quantitative estimate of drug-likeness (QED) is 0.900. The summed E-state index contributed by atoms with van der Waals surface area (Å²) < 4.78 is 5.34. The van der Waals surface area contributed by atoms with Gasteiger partial charge in [0, 0.05) is 37.3 Å². The van der Waals surface area contributed by atoms with E-state index in [9.17, 15) is 9.59 Å². The molecule has 0 bridgehead atoms. The van der Waals surface area contributed by atoms with Crippen molar-refractivity contribution in [2.75, 3.05) is 33.3 Å². The third kappa shape index (κ3) is 5.13. The van der Waals surface area contributed by atoms with E-state index in [0.717, 1.165) is 24.2 Å². The lowest BCUT2D eigenvalue weighted by Crippen LogP contribution is -2.49. The molecule has 0 aromatic heterocycles. The summed E-state index contributed by atoms with van der Waals surface area (Å²) in [5.74, 6) is 0.824. The molecule has 1 heterocycles. The molecule has 1 N–H and O–H groups in total. The van der Waals surface area contributed by atoms with Crippen LogP contribution in [-0.4, -0.2) is 60.6 Å². The maximum atomic E-state index is 12.9. The first-order valence-electron chi connectivity index (χ1n) is 9.28. The lowest BCUT2D eigenvalue weighted by Gasteiger charge is -2.27. The number of rotatable bonds is 3. The second-order valence-corrected chi connectivity index (χ2v) is 7.69. The average molecular weight is 361 g/mol. The fraction of sp³-hybridized carbons (Fsp3) is 0.600. The minimum Gasteiger partial charge on any atom is -0.496 e. The topological polar surface area (TPSA) is 61.9 Å². The van der Waals surface area contributed by atoms with Crippen LogP contribution in [0.2, 0.25) is 0 Å². The van der Waals surface area contributed by atoms with Gasteiger partial charge in [0.15, 0.2) is 0 Å². The van der Waals surface area contributed by atoms with E-state index in [2.05, 4.69) is 5.32 Å². The summed E-state index contributed by atoms with van der Waals surface area (Å²) in [6, 6.07) is 5.52. The minimum atomic E-state index is -0.265. The second-order valence-electron chi connectivity index (χ2n) is 7.69. The molecule has 26 heavy (non-hydrogen) atoms. The van der Waals surface area contributed by atoms with Crippen molar-refractivity contribution in [3.63, 3.8) is 0 Å². The monoisotopic (exact) mass is 361 g/mol. The molecule has 1 aliphatic heterocycles. The Hall–Kier alpha value is -2.24. The van der Waals surface area contributed by atoms with Gasteiger partial charge >= 0.3 is 6.03 Å². The van der Waals surface area contributed by atoms with E-state index in [1.54, 1.807) is 12.0 Å². The van der Waals surface area contributed by atoms with E-state index < -0.39 is 0 Å². The number of benzene rings is 1. The predicted octanol–water partition coefficient (Wildman–Crippen LogP) is 2.91.